The van der Waals surface area contributed by atoms with Gasteiger partial charge in [-0.2, -0.15) is 0 Å². The summed E-state index contributed by atoms with van der Waals surface area (Å²) >= 11 is 0. The van der Waals surface area contributed by atoms with Gasteiger partial charge < -0.3 is 50.5 Å². The molecule has 9 atom stereocenters. The molecule has 394 valence electrons. The molecule has 0 spiro atoms. The van der Waals surface area contributed by atoms with Gasteiger partial charge in [-0.25, -0.2) is 0 Å². The van der Waals surface area contributed by atoms with Crippen molar-refractivity contribution in [2.24, 2.45) is 0 Å². The first kappa shape index (κ1) is 63.3. The molecule has 0 aromatic rings. The number of carbonyl (C=O) groups excluding carboxylic acids is 1. The molecule has 1 aliphatic heterocycles. The van der Waals surface area contributed by atoms with Gasteiger partial charge in [0.2, 0.25) is 5.91 Å². The van der Waals surface area contributed by atoms with E-state index in [1.165, 1.54) is 141 Å². The topological polar surface area (TPSA) is 189 Å². The molecule has 1 saturated heterocycles. The minimum atomic E-state index is -1.67. The average molecular weight is 952 g/mol. The van der Waals surface area contributed by atoms with Gasteiger partial charge in [-0.15, -0.1) is 0 Å². The second kappa shape index (κ2) is 45.5. The summed E-state index contributed by atoms with van der Waals surface area (Å²) in [4.78, 5) is 13.2. The summed E-state index contributed by atoms with van der Waals surface area (Å²) in [7, 11) is 0. The van der Waals surface area contributed by atoms with Crippen LogP contribution in [-0.4, -0.2) is 110 Å². The number of rotatable bonds is 47. The van der Waals surface area contributed by atoms with Crippen molar-refractivity contribution in [3.63, 3.8) is 0 Å². The maximum Gasteiger partial charge on any atom is 0.249 e. The van der Waals surface area contributed by atoms with Crippen LogP contribution in [0.15, 0.2) is 36.5 Å². The third-order valence-corrected chi connectivity index (χ3v) is 13.4. The predicted octanol–water partition coefficient (Wildman–Crippen LogP) is 11.1. The molecule has 1 fully saturated rings. The fourth-order valence-corrected chi connectivity index (χ4v) is 8.81. The SMILES string of the molecule is CCCCCCCCCCCC/C=C\CCCCCCCCC(O)C(=O)NC(COC1OC(CO)C(O)C(O)C1O)C(O)C(O)CCC/C=C/CC/C=C/CCCCCCCCCCCCC. The molecule has 0 bridgehead atoms. The van der Waals surface area contributed by atoms with E-state index in [-0.39, 0.29) is 12.8 Å². The van der Waals surface area contributed by atoms with E-state index in [1.807, 2.05) is 0 Å². The number of hydrogen-bond acceptors (Lipinski definition) is 10. The van der Waals surface area contributed by atoms with Crippen LogP contribution in [0, 0.1) is 0 Å². The van der Waals surface area contributed by atoms with Gasteiger partial charge >= 0.3 is 0 Å². The predicted molar refractivity (Wildman–Crippen MR) is 275 cm³/mol. The molecule has 11 heteroatoms. The molecule has 0 aromatic heterocycles. The standard InChI is InChI=1S/C56H105NO10/c1-3-5-7-9-11-13-15-17-19-21-23-25-27-29-31-33-35-37-39-41-43-48(59)51(61)47(46-66-56-54(64)53(63)52(62)50(45-58)67-56)57-55(65)49(60)44-42-40-38-36-34-32-30-28-26-24-22-20-18-16-14-12-10-8-6-4-2/h26-29,35,37,47-54,56,58-64H,3-25,30-34,36,38-46H2,1-2H3,(H,57,65)/b28-26-,29-27+,37-35+. The van der Waals surface area contributed by atoms with Crippen molar-refractivity contribution in [2.45, 2.75) is 300 Å². The summed E-state index contributed by atoms with van der Waals surface area (Å²) < 4.78 is 11.1. The van der Waals surface area contributed by atoms with Gasteiger partial charge in [-0.1, -0.05) is 204 Å². The second-order valence-corrected chi connectivity index (χ2v) is 19.6. The molecule has 67 heavy (non-hydrogen) atoms. The van der Waals surface area contributed by atoms with E-state index in [4.69, 9.17) is 9.47 Å². The van der Waals surface area contributed by atoms with E-state index in [0.717, 1.165) is 57.8 Å². The van der Waals surface area contributed by atoms with Gasteiger partial charge in [0.1, 0.15) is 36.6 Å². The zero-order valence-corrected chi connectivity index (χ0v) is 42.9. The van der Waals surface area contributed by atoms with Crippen LogP contribution < -0.4 is 5.32 Å². The van der Waals surface area contributed by atoms with Gasteiger partial charge in [-0.05, 0) is 77.0 Å². The number of aliphatic hydroxyl groups excluding tert-OH is 7. The normalized spacial score (nSPS) is 20.9. The minimum Gasteiger partial charge on any atom is -0.394 e. The summed E-state index contributed by atoms with van der Waals surface area (Å²) in [6.45, 7) is 3.45. The molecule has 0 saturated carbocycles. The van der Waals surface area contributed by atoms with Crippen LogP contribution in [0.5, 0.6) is 0 Å². The van der Waals surface area contributed by atoms with Crippen LogP contribution >= 0.6 is 0 Å². The highest BCUT2D eigenvalue weighted by Gasteiger charge is 2.44. The maximum absolute atomic E-state index is 13.2. The number of hydrogen-bond donors (Lipinski definition) is 8. The van der Waals surface area contributed by atoms with Crippen molar-refractivity contribution < 1.29 is 50.0 Å². The number of unbranched alkanes of at least 4 members (excludes halogenated alkanes) is 29. The first-order chi connectivity index (χ1) is 32.7. The fourth-order valence-electron chi connectivity index (χ4n) is 8.81. The lowest BCUT2D eigenvalue weighted by molar-refractivity contribution is -0.303. The minimum absolute atomic E-state index is 0.244. The van der Waals surface area contributed by atoms with Crippen LogP contribution in [0.2, 0.25) is 0 Å². The van der Waals surface area contributed by atoms with Crippen LogP contribution in [-0.2, 0) is 14.3 Å². The number of amides is 1. The van der Waals surface area contributed by atoms with E-state index in [0.29, 0.717) is 19.3 Å². The van der Waals surface area contributed by atoms with Gasteiger partial charge in [0.05, 0.1) is 25.4 Å². The lowest BCUT2D eigenvalue weighted by atomic mass is 9.98. The highest BCUT2D eigenvalue weighted by atomic mass is 16.7. The number of ether oxygens (including phenoxy) is 2. The molecule has 0 aromatic carbocycles. The van der Waals surface area contributed by atoms with Crippen molar-refractivity contribution in [1.82, 2.24) is 5.32 Å². The van der Waals surface area contributed by atoms with E-state index in [9.17, 15) is 40.5 Å². The molecule has 0 aliphatic carbocycles. The van der Waals surface area contributed by atoms with Gasteiger partial charge in [-0.3, -0.25) is 4.79 Å². The lowest BCUT2D eigenvalue weighted by Crippen LogP contribution is -2.60. The molecular weight excluding hydrogens is 847 g/mol. The third kappa shape index (κ3) is 34.3. The van der Waals surface area contributed by atoms with E-state index >= 15 is 0 Å². The number of allylic oxidation sites excluding steroid dienone is 6. The first-order valence-electron chi connectivity index (χ1n) is 27.9. The monoisotopic (exact) mass is 952 g/mol. The average Bonchev–Trinajstić information content (AvgIpc) is 3.33. The van der Waals surface area contributed by atoms with E-state index < -0.39 is 74.2 Å². The van der Waals surface area contributed by atoms with Crippen molar-refractivity contribution in [2.75, 3.05) is 13.2 Å². The zero-order valence-electron chi connectivity index (χ0n) is 42.9. The van der Waals surface area contributed by atoms with Crippen LogP contribution in [0.3, 0.4) is 0 Å². The Bertz CT molecular complexity index is 1180. The Labute approximate surface area is 409 Å². The smallest absolute Gasteiger partial charge is 0.249 e. The lowest BCUT2D eigenvalue weighted by Gasteiger charge is -2.40. The first-order valence-corrected chi connectivity index (χ1v) is 27.9. The van der Waals surface area contributed by atoms with Gasteiger partial charge in [0.15, 0.2) is 6.29 Å². The Balaban J connectivity index is 2.39. The summed E-state index contributed by atoms with van der Waals surface area (Å²) in [6.07, 6.45) is 43.4. The molecule has 1 heterocycles. The number of carbonyl (C=O) groups is 1. The second-order valence-electron chi connectivity index (χ2n) is 19.6. The summed E-state index contributed by atoms with van der Waals surface area (Å²) in [5.74, 6) is -0.714. The van der Waals surface area contributed by atoms with Crippen molar-refractivity contribution in [3.8, 4) is 0 Å². The Hall–Kier alpha value is -1.67. The quantitative estimate of drug-likeness (QED) is 0.0215. The zero-order chi connectivity index (χ0) is 49.0. The van der Waals surface area contributed by atoms with Crippen LogP contribution in [0.25, 0.3) is 0 Å². The molecule has 8 N–H and O–H groups in total. The molecule has 1 amide bonds. The highest BCUT2D eigenvalue weighted by molar-refractivity contribution is 5.80. The molecule has 1 aliphatic rings. The Morgan fingerprint density at radius 3 is 1.33 bits per heavy atom. The van der Waals surface area contributed by atoms with E-state index in [2.05, 4.69) is 55.6 Å². The van der Waals surface area contributed by atoms with Gasteiger partial charge in [0, 0.05) is 0 Å². The van der Waals surface area contributed by atoms with Crippen molar-refractivity contribution in [3.05, 3.63) is 36.5 Å². The molecule has 11 nitrogen and oxygen atoms in total. The van der Waals surface area contributed by atoms with Gasteiger partial charge in [0.25, 0.3) is 0 Å². The maximum atomic E-state index is 13.2. The molecular formula is C56H105NO10. The summed E-state index contributed by atoms with van der Waals surface area (Å²) in [5.41, 5.74) is 0. The van der Waals surface area contributed by atoms with Crippen LogP contribution in [0.1, 0.15) is 245 Å². The fraction of sp³-hybridized carbons (Fsp3) is 0.875. The molecule has 9 unspecified atom stereocenters. The highest BCUT2D eigenvalue weighted by Crippen LogP contribution is 2.23. The third-order valence-electron chi connectivity index (χ3n) is 13.4. The van der Waals surface area contributed by atoms with Crippen molar-refractivity contribution in [1.29, 1.82) is 0 Å². The summed E-state index contributed by atoms with van der Waals surface area (Å²) in [6, 6.07) is -1.19. The van der Waals surface area contributed by atoms with E-state index in [1.54, 1.807) is 0 Å². The van der Waals surface area contributed by atoms with Crippen molar-refractivity contribution >= 4 is 5.91 Å². The number of aliphatic hydroxyl groups is 7. The number of nitrogens with one attached hydrogen (secondary N) is 1. The van der Waals surface area contributed by atoms with Crippen LogP contribution in [0.4, 0.5) is 0 Å². The molecule has 1 rings (SSSR count). The Morgan fingerprint density at radius 1 is 0.507 bits per heavy atom. The Morgan fingerprint density at radius 2 is 0.896 bits per heavy atom. The largest absolute Gasteiger partial charge is 0.394 e. The Kier molecular flexibility index (Phi) is 43.0. The summed E-state index contributed by atoms with van der Waals surface area (Å²) in [5, 5.41) is 76.0. The molecule has 0 radical (unpaired) electrons.